The normalized spacial score (nSPS) is 19.0. The molecule has 7 nitrogen and oxygen atoms in total. The maximum atomic E-state index is 13.9. The first kappa shape index (κ1) is 20.1. The van der Waals surface area contributed by atoms with E-state index in [4.69, 9.17) is 0 Å². The van der Waals surface area contributed by atoms with Gasteiger partial charge in [-0.3, -0.25) is 4.72 Å². The maximum Gasteiger partial charge on any atom is 0.240 e. The summed E-state index contributed by atoms with van der Waals surface area (Å²) in [5.74, 6) is -0.949. The molecule has 3 N–H and O–H groups in total. The lowest BCUT2D eigenvalue weighted by molar-refractivity contribution is 0.428. The van der Waals surface area contributed by atoms with E-state index in [1.54, 1.807) is 0 Å². The second kappa shape index (κ2) is 7.75. The van der Waals surface area contributed by atoms with Crippen molar-refractivity contribution in [2.45, 2.75) is 23.8 Å². The van der Waals surface area contributed by atoms with E-state index >= 15 is 0 Å². The molecule has 1 atom stereocenters. The Labute approximate surface area is 141 Å². The van der Waals surface area contributed by atoms with E-state index < -0.39 is 25.9 Å². The van der Waals surface area contributed by atoms with Gasteiger partial charge < -0.3 is 5.32 Å². The predicted molar refractivity (Wildman–Crippen MR) is 88.3 cm³/mol. The molecule has 1 aromatic rings. The van der Waals surface area contributed by atoms with Crippen LogP contribution in [0.1, 0.15) is 12.8 Å². The van der Waals surface area contributed by atoms with Crippen molar-refractivity contribution in [2.75, 3.05) is 24.1 Å². The molecule has 23 heavy (non-hydrogen) atoms. The minimum absolute atomic E-state index is 0. The van der Waals surface area contributed by atoms with Gasteiger partial charge in [0.05, 0.1) is 16.8 Å². The fourth-order valence-electron chi connectivity index (χ4n) is 2.19. The molecule has 1 aliphatic heterocycles. The van der Waals surface area contributed by atoms with Crippen LogP contribution in [0.4, 0.5) is 10.1 Å². The summed E-state index contributed by atoms with van der Waals surface area (Å²) < 4.78 is 64.9. The fourth-order valence-corrected chi connectivity index (χ4v) is 4.03. The van der Waals surface area contributed by atoms with Crippen LogP contribution >= 0.6 is 12.4 Å². The van der Waals surface area contributed by atoms with Crippen LogP contribution in [0.25, 0.3) is 0 Å². The van der Waals surface area contributed by atoms with Crippen LogP contribution in [-0.4, -0.2) is 42.2 Å². The summed E-state index contributed by atoms with van der Waals surface area (Å²) >= 11 is 0. The zero-order valence-electron chi connectivity index (χ0n) is 12.4. The summed E-state index contributed by atoms with van der Waals surface area (Å²) in [4.78, 5) is -0.241. The number of anilines is 1. The minimum atomic E-state index is -3.85. The van der Waals surface area contributed by atoms with Gasteiger partial charge in [0.2, 0.25) is 20.0 Å². The van der Waals surface area contributed by atoms with Crippen LogP contribution < -0.4 is 14.8 Å². The third-order valence-corrected chi connectivity index (χ3v) is 5.27. The molecule has 1 heterocycles. The van der Waals surface area contributed by atoms with Crippen LogP contribution in [0.2, 0.25) is 0 Å². The van der Waals surface area contributed by atoms with Gasteiger partial charge in [0.15, 0.2) is 0 Å². The molecule has 0 aromatic heterocycles. The zero-order valence-corrected chi connectivity index (χ0v) is 14.8. The second-order valence-corrected chi connectivity index (χ2v) is 8.64. The number of hydrogen-bond acceptors (Lipinski definition) is 5. The number of piperidine rings is 1. The Morgan fingerprint density at radius 1 is 1.26 bits per heavy atom. The largest absolute Gasteiger partial charge is 0.315 e. The predicted octanol–water partition coefficient (Wildman–Crippen LogP) is 0.649. The average molecular weight is 388 g/mol. The van der Waals surface area contributed by atoms with E-state index in [9.17, 15) is 21.2 Å². The average Bonchev–Trinajstić information content (AvgIpc) is 2.40. The van der Waals surface area contributed by atoms with Crippen molar-refractivity contribution < 1.29 is 21.2 Å². The fraction of sp³-hybridized carbons (Fsp3) is 0.500. The number of sulfonamides is 2. The molecule has 11 heteroatoms. The number of rotatable bonds is 5. The van der Waals surface area contributed by atoms with E-state index in [1.807, 2.05) is 4.72 Å². The Kier molecular flexibility index (Phi) is 6.78. The molecular weight excluding hydrogens is 369 g/mol. The van der Waals surface area contributed by atoms with Gasteiger partial charge in [0, 0.05) is 12.6 Å². The summed E-state index contributed by atoms with van der Waals surface area (Å²) in [5.41, 5.74) is -0.291. The van der Waals surface area contributed by atoms with Crippen LogP contribution in [0.15, 0.2) is 23.1 Å². The van der Waals surface area contributed by atoms with Crippen molar-refractivity contribution in [2.24, 2.45) is 0 Å². The number of hydrogen-bond donors (Lipinski definition) is 3. The molecule has 0 spiro atoms. The van der Waals surface area contributed by atoms with Crippen molar-refractivity contribution in [1.29, 1.82) is 0 Å². The lowest BCUT2D eigenvalue weighted by Gasteiger charge is -2.23. The maximum absolute atomic E-state index is 13.9. The summed E-state index contributed by atoms with van der Waals surface area (Å²) in [6, 6.07) is 2.81. The third kappa shape index (κ3) is 5.88. The second-order valence-electron chi connectivity index (χ2n) is 5.18. The van der Waals surface area contributed by atoms with Crippen LogP contribution in [0, 0.1) is 5.82 Å². The van der Waals surface area contributed by atoms with Gasteiger partial charge in [-0.2, -0.15) is 0 Å². The molecule has 132 valence electrons. The first-order chi connectivity index (χ1) is 10.2. The van der Waals surface area contributed by atoms with Crippen LogP contribution in [0.5, 0.6) is 0 Å². The van der Waals surface area contributed by atoms with Gasteiger partial charge >= 0.3 is 0 Å². The zero-order chi connectivity index (χ0) is 16.4. The van der Waals surface area contributed by atoms with Gasteiger partial charge in [-0.25, -0.2) is 25.9 Å². The van der Waals surface area contributed by atoms with E-state index in [1.165, 1.54) is 0 Å². The van der Waals surface area contributed by atoms with E-state index in [-0.39, 0.29) is 29.0 Å². The van der Waals surface area contributed by atoms with Gasteiger partial charge in [0.25, 0.3) is 0 Å². The molecule has 0 radical (unpaired) electrons. The smallest absolute Gasteiger partial charge is 0.240 e. The molecule has 0 amide bonds. The van der Waals surface area contributed by atoms with Crippen molar-refractivity contribution in [1.82, 2.24) is 10.0 Å². The highest BCUT2D eigenvalue weighted by atomic mass is 35.5. The first-order valence-corrected chi connectivity index (χ1v) is 10.1. The Morgan fingerprint density at radius 3 is 2.48 bits per heavy atom. The minimum Gasteiger partial charge on any atom is -0.315 e. The summed E-state index contributed by atoms with van der Waals surface area (Å²) in [6.45, 7) is 1.37. The molecule has 0 saturated carbocycles. The van der Waals surface area contributed by atoms with Crippen molar-refractivity contribution in [3.8, 4) is 0 Å². The summed E-state index contributed by atoms with van der Waals surface area (Å²) in [5, 5.41) is 3.08. The highest BCUT2D eigenvalue weighted by Gasteiger charge is 2.22. The summed E-state index contributed by atoms with van der Waals surface area (Å²) in [7, 11) is -7.48. The molecule has 1 aliphatic rings. The molecule has 1 saturated heterocycles. The Hall–Kier alpha value is -0.940. The SMILES string of the molecule is CS(=O)(=O)Nc1ccc(S(=O)(=O)NC2CCCNC2)cc1F.Cl. The molecular formula is C12H19ClFN3O4S2. The lowest BCUT2D eigenvalue weighted by atomic mass is 10.1. The van der Waals surface area contributed by atoms with E-state index in [2.05, 4.69) is 10.0 Å². The van der Waals surface area contributed by atoms with Crippen molar-refractivity contribution in [3.63, 3.8) is 0 Å². The molecule has 0 aliphatic carbocycles. The van der Waals surface area contributed by atoms with E-state index in [0.717, 1.165) is 37.4 Å². The van der Waals surface area contributed by atoms with Gasteiger partial charge in [0.1, 0.15) is 5.82 Å². The number of benzene rings is 1. The molecule has 1 unspecified atom stereocenters. The third-order valence-electron chi connectivity index (χ3n) is 3.16. The topological polar surface area (TPSA) is 104 Å². The lowest BCUT2D eigenvalue weighted by Crippen LogP contribution is -2.45. The highest BCUT2D eigenvalue weighted by Crippen LogP contribution is 2.20. The number of nitrogens with one attached hydrogen (secondary N) is 3. The molecule has 1 aromatic carbocycles. The Balaban J connectivity index is 0.00000264. The quantitative estimate of drug-likeness (QED) is 0.688. The summed E-state index contributed by atoms with van der Waals surface area (Å²) in [6.07, 6.45) is 2.45. The van der Waals surface area contributed by atoms with E-state index in [0.29, 0.717) is 13.0 Å². The van der Waals surface area contributed by atoms with Gasteiger partial charge in [-0.1, -0.05) is 0 Å². The molecule has 1 fully saturated rings. The molecule has 0 bridgehead atoms. The van der Waals surface area contributed by atoms with Crippen LogP contribution in [0.3, 0.4) is 0 Å². The number of halogens is 2. The standard InChI is InChI=1S/C12H18FN3O4S2.ClH/c1-21(17,18)16-12-5-4-10(7-11(12)13)22(19,20)15-9-3-2-6-14-8-9;/h4-5,7,9,14-16H,2-3,6,8H2,1H3;1H. The van der Waals surface area contributed by atoms with Crippen molar-refractivity contribution in [3.05, 3.63) is 24.0 Å². The first-order valence-electron chi connectivity index (χ1n) is 6.68. The van der Waals surface area contributed by atoms with Gasteiger partial charge in [-0.15, -0.1) is 12.4 Å². The molecule has 2 rings (SSSR count). The van der Waals surface area contributed by atoms with Crippen LogP contribution in [-0.2, 0) is 20.0 Å². The Bertz CT molecular complexity index is 750. The highest BCUT2D eigenvalue weighted by molar-refractivity contribution is 7.92. The Morgan fingerprint density at radius 2 is 1.96 bits per heavy atom. The van der Waals surface area contributed by atoms with Gasteiger partial charge in [-0.05, 0) is 37.6 Å². The van der Waals surface area contributed by atoms with Crippen molar-refractivity contribution >= 4 is 38.1 Å². The monoisotopic (exact) mass is 387 g/mol.